The Hall–Kier alpha value is -3.41. The van der Waals surface area contributed by atoms with Crippen LogP contribution >= 0.6 is 0 Å². The Labute approximate surface area is 131 Å². The zero-order valence-corrected chi connectivity index (χ0v) is 12.4. The van der Waals surface area contributed by atoms with Crippen molar-refractivity contribution in [2.24, 2.45) is 0 Å². The summed E-state index contributed by atoms with van der Waals surface area (Å²) >= 11 is 0. The molecule has 1 aromatic carbocycles. The summed E-state index contributed by atoms with van der Waals surface area (Å²) in [5.41, 5.74) is -0.592. The maximum Gasteiger partial charge on any atom is 0.350 e. The quantitative estimate of drug-likeness (QED) is 0.276. The molecule has 0 aromatic heterocycles. The van der Waals surface area contributed by atoms with Gasteiger partial charge in [0.2, 0.25) is 0 Å². The highest BCUT2D eigenvalue weighted by Gasteiger charge is 2.17. The number of hydrogen-bond acceptors (Lipinski definition) is 8. The number of anilines is 1. The lowest BCUT2D eigenvalue weighted by Crippen LogP contribution is -2.10. The summed E-state index contributed by atoms with van der Waals surface area (Å²) in [5, 5.41) is 22.2. The fraction of sp³-hybridized carbons (Fsp3) is 0.214. The van der Waals surface area contributed by atoms with E-state index < -0.39 is 16.9 Å². The number of nitrogens with one attached hydrogen (secondary N) is 1. The number of methoxy groups -OCH3 is 1. The lowest BCUT2D eigenvalue weighted by Gasteiger charge is -2.08. The summed E-state index contributed by atoms with van der Waals surface area (Å²) in [6.45, 7) is 1.69. The first-order valence-corrected chi connectivity index (χ1v) is 6.35. The molecule has 120 valence electrons. The van der Waals surface area contributed by atoms with Gasteiger partial charge in [0, 0.05) is 18.3 Å². The van der Waals surface area contributed by atoms with E-state index in [-0.39, 0.29) is 29.1 Å². The van der Waals surface area contributed by atoms with Crippen molar-refractivity contribution in [3.63, 3.8) is 0 Å². The first-order chi connectivity index (χ1) is 10.9. The van der Waals surface area contributed by atoms with Crippen LogP contribution in [0, 0.1) is 21.4 Å². The van der Waals surface area contributed by atoms with E-state index in [9.17, 15) is 19.7 Å². The van der Waals surface area contributed by atoms with Gasteiger partial charge in [-0.3, -0.25) is 10.1 Å². The second-order valence-corrected chi connectivity index (χ2v) is 4.01. The highest BCUT2D eigenvalue weighted by Crippen LogP contribution is 2.23. The van der Waals surface area contributed by atoms with Crippen molar-refractivity contribution in [1.82, 2.24) is 0 Å². The van der Waals surface area contributed by atoms with Crippen LogP contribution in [0.25, 0.3) is 0 Å². The van der Waals surface area contributed by atoms with Crippen LogP contribution in [-0.2, 0) is 14.3 Å². The topological polar surface area (TPSA) is 132 Å². The molecule has 1 N–H and O–H groups in total. The van der Waals surface area contributed by atoms with Crippen LogP contribution in [0.3, 0.4) is 0 Å². The summed E-state index contributed by atoms with van der Waals surface area (Å²) in [6, 6.07) is 5.11. The number of carbonyl (C=O) groups excluding carboxylic acids is 2. The number of nitro benzene ring substituents is 1. The van der Waals surface area contributed by atoms with Gasteiger partial charge in [0.15, 0.2) is 5.57 Å². The molecular weight excluding hydrogens is 306 g/mol. The molecule has 0 aliphatic heterocycles. The molecule has 0 amide bonds. The Morgan fingerprint density at radius 2 is 2.17 bits per heavy atom. The molecule has 0 aliphatic rings. The van der Waals surface area contributed by atoms with Crippen LogP contribution in [0.15, 0.2) is 30.0 Å². The molecule has 0 bridgehead atoms. The summed E-state index contributed by atoms with van der Waals surface area (Å²) < 4.78 is 9.23. The Bertz CT molecular complexity index is 705. The average Bonchev–Trinajstić information content (AvgIpc) is 2.54. The second-order valence-electron chi connectivity index (χ2n) is 4.01. The number of nitro groups is 1. The summed E-state index contributed by atoms with van der Waals surface area (Å²) in [5.74, 6) is -1.64. The first-order valence-electron chi connectivity index (χ1n) is 6.35. The molecule has 1 rings (SSSR count). The lowest BCUT2D eigenvalue weighted by molar-refractivity contribution is -0.384. The number of rotatable bonds is 6. The largest absolute Gasteiger partial charge is 0.465 e. The fourth-order valence-electron chi connectivity index (χ4n) is 1.55. The molecule has 0 heterocycles. The van der Waals surface area contributed by atoms with Crippen molar-refractivity contribution in [1.29, 1.82) is 5.26 Å². The molecule has 23 heavy (non-hydrogen) atoms. The van der Waals surface area contributed by atoms with Crippen molar-refractivity contribution in [2.75, 3.05) is 19.0 Å². The van der Waals surface area contributed by atoms with E-state index in [1.807, 2.05) is 0 Å². The summed E-state index contributed by atoms with van der Waals surface area (Å²) in [4.78, 5) is 33.3. The Balaban J connectivity index is 3.17. The number of nitriles is 1. The average molecular weight is 319 g/mol. The van der Waals surface area contributed by atoms with Gasteiger partial charge in [-0.25, -0.2) is 9.59 Å². The van der Waals surface area contributed by atoms with Gasteiger partial charge in [-0.15, -0.1) is 0 Å². The van der Waals surface area contributed by atoms with Gasteiger partial charge < -0.3 is 14.8 Å². The third-order valence-electron chi connectivity index (χ3n) is 2.61. The second kappa shape index (κ2) is 8.14. The van der Waals surface area contributed by atoms with Crippen LogP contribution in [0.2, 0.25) is 0 Å². The number of nitrogens with zero attached hydrogens (tertiary/aromatic N) is 2. The Morgan fingerprint density at radius 3 is 2.70 bits per heavy atom. The van der Waals surface area contributed by atoms with Gasteiger partial charge in [0.1, 0.15) is 6.07 Å². The lowest BCUT2D eigenvalue weighted by atomic mass is 10.1. The molecule has 1 aromatic rings. The number of hydrogen-bond donors (Lipinski definition) is 1. The SMILES string of the molecule is CCOC(=O)/C(C#N)=C/Nc1ccc([N+](=O)[O-])cc1C(=O)OC. The minimum atomic E-state index is -0.830. The van der Waals surface area contributed by atoms with E-state index in [1.165, 1.54) is 12.1 Å². The van der Waals surface area contributed by atoms with Crippen molar-refractivity contribution in [3.8, 4) is 6.07 Å². The number of carbonyl (C=O) groups is 2. The molecular formula is C14H13N3O6. The fourth-order valence-corrected chi connectivity index (χ4v) is 1.55. The smallest absolute Gasteiger partial charge is 0.350 e. The van der Waals surface area contributed by atoms with Crippen LogP contribution in [0.5, 0.6) is 0 Å². The van der Waals surface area contributed by atoms with Gasteiger partial charge in [0.05, 0.1) is 29.9 Å². The zero-order chi connectivity index (χ0) is 17.4. The normalized spacial score (nSPS) is 10.4. The molecule has 0 unspecified atom stereocenters. The highest BCUT2D eigenvalue weighted by molar-refractivity contribution is 5.97. The number of non-ortho nitro benzene ring substituents is 1. The Morgan fingerprint density at radius 1 is 1.48 bits per heavy atom. The van der Waals surface area contributed by atoms with Gasteiger partial charge in [-0.2, -0.15) is 5.26 Å². The van der Waals surface area contributed by atoms with Gasteiger partial charge in [-0.1, -0.05) is 0 Å². The number of ether oxygens (including phenoxy) is 2. The number of esters is 2. The van der Waals surface area contributed by atoms with E-state index in [1.54, 1.807) is 13.0 Å². The predicted octanol–water partition coefficient (Wildman–Crippen LogP) is 1.76. The van der Waals surface area contributed by atoms with Gasteiger partial charge in [0.25, 0.3) is 5.69 Å². The molecule has 0 saturated carbocycles. The van der Waals surface area contributed by atoms with Crippen molar-refractivity contribution in [2.45, 2.75) is 6.92 Å². The molecule has 0 spiro atoms. The van der Waals surface area contributed by atoms with Crippen molar-refractivity contribution >= 4 is 23.3 Å². The summed E-state index contributed by atoms with van der Waals surface area (Å²) in [6.07, 6.45) is 1.05. The van der Waals surface area contributed by atoms with E-state index in [4.69, 9.17) is 5.26 Å². The van der Waals surface area contributed by atoms with E-state index in [2.05, 4.69) is 14.8 Å². The third-order valence-corrected chi connectivity index (χ3v) is 2.61. The minimum absolute atomic E-state index is 0.1000. The maximum absolute atomic E-state index is 11.7. The van der Waals surface area contributed by atoms with E-state index in [0.717, 1.165) is 19.4 Å². The molecule has 0 radical (unpaired) electrons. The highest BCUT2D eigenvalue weighted by atomic mass is 16.6. The summed E-state index contributed by atoms with van der Waals surface area (Å²) in [7, 11) is 1.13. The maximum atomic E-state index is 11.7. The zero-order valence-electron chi connectivity index (χ0n) is 12.4. The van der Waals surface area contributed by atoms with Crippen LogP contribution in [0.1, 0.15) is 17.3 Å². The van der Waals surface area contributed by atoms with Gasteiger partial charge >= 0.3 is 11.9 Å². The third kappa shape index (κ3) is 4.53. The van der Waals surface area contributed by atoms with Crippen LogP contribution < -0.4 is 5.32 Å². The standard InChI is InChI=1S/C14H13N3O6/c1-3-23-13(18)9(7-15)8-16-12-5-4-10(17(20)21)6-11(12)14(19)22-2/h4-6,8,16H,3H2,1-2H3/b9-8+. The number of benzene rings is 1. The first kappa shape index (κ1) is 17.6. The van der Waals surface area contributed by atoms with Gasteiger partial charge in [-0.05, 0) is 13.0 Å². The minimum Gasteiger partial charge on any atom is -0.465 e. The van der Waals surface area contributed by atoms with E-state index >= 15 is 0 Å². The molecule has 0 atom stereocenters. The van der Waals surface area contributed by atoms with Crippen molar-refractivity contribution in [3.05, 3.63) is 45.6 Å². The Kier molecular flexibility index (Phi) is 6.24. The predicted molar refractivity (Wildman–Crippen MR) is 78.4 cm³/mol. The monoisotopic (exact) mass is 319 g/mol. The van der Waals surface area contributed by atoms with Crippen molar-refractivity contribution < 1.29 is 24.0 Å². The molecule has 0 saturated heterocycles. The molecule has 9 heteroatoms. The van der Waals surface area contributed by atoms with E-state index in [0.29, 0.717) is 0 Å². The molecule has 0 aliphatic carbocycles. The molecule has 9 nitrogen and oxygen atoms in total. The van der Waals surface area contributed by atoms with Crippen LogP contribution in [0.4, 0.5) is 11.4 Å². The van der Waals surface area contributed by atoms with Crippen LogP contribution in [-0.4, -0.2) is 30.6 Å². The molecule has 0 fully saturated rings.